The molecule has 0 saturated carbocycles. The maximum absolute atomic E-state index is 9.16. The molecule has 0 aromatic heterocycles. The zero-order valence-corrected chi connectivity index (χ0v) is 15.4. The first-order valence-electron chi connectivity index (χ1n) is 6.47. The molecule has 2 rings (SSSR count). The third kappa shape index (κ3) is 4.11. The first-order chi connectivity index (χ1) is 8.33. The van der Waals surface area contributed by atoms with Crippen molar-refractivity contribution in [3.05, 3.63) is 43.0 Å². The first-order valence-corrected chi connectivity index (χ1v) is 12.1. The van der Waals surface area contributed by atoms with Gasteiger partial charge < -0.3 is 0 Å². The molecule has 0 bridgehead atoms. The van der Waals surface area contributed by atoms with Crippen molar-refractivity contribution < 1.29 is 24.9 Å². The second kappa shape index (κ2) is 9.24. The van der Waals surface area contributed by atoms with Crippen LogP contribution >= 0.6 is 24.8 Å². The Morgan fingerprint density at radius 3 is 1.95 bits per heavy atom. The summed E-state index contributed by atoms with van der Waals surface area (Å²) in [7, 11) is 0. The predicted octanol–water partition coefficient (Wildman–Crippen LogP) is 4.29. The van der Waals surface area contributed by atoms with Gasteiger partial charge in [-0.2, -0.15) is 0 Å². The van der Waals surface area contributed by atoms with E-state index >= 15 is 0 Å². The SMILES string of the molecule is C[CH]=[Zr]([CH2]CCO)([C]1=CC=CC1)[C]1=CC=CC1.Cl.Cl. The summed E-state index contributed by atoms with van der Waals surface area (Å²) in [6.45, 7) is 2.57. The van der Waals surface area contributed by atoms with Crippen LogP contribution in [0.4, 0.5) is 0 Å². The fraction of sp³-hybridized carbons (Fsp3) is 0.400. The van der Waals surface area contributed by atoms with E-state index < -0.39 is 19.8 Å². The van der Waals surface area contributed by atoms with Crippen molar-refractivity contribution in [1.82, 2.24) is 0 Å². The summed E-state index contributed by atoms with van der Waals surface area (Å²) in [5.74, 6) is 0. The molecule has 0 aromatic rings. The molecule has 0 heterocycles. The molecule has 0 radical (unpaired) electrons. The van der Waals surface area contributed by atoms with Crippen LogP contribution in [0.5, 0.6) is 0 Å². The van der Waals surface area contributed by atoms with E-state index in [-0.39, 0.29) is 24.8 Å². The number of rotatable bonds is 5. The van der Waals surface area contributed by atoms with E-state index in [9.17, 15) is 0 Å². The summed E-state index contributed by atoms with van der Waals surface area (Å²) < 4.78 is 7.13. The molecular formula is C15H23Cl2OZr. The van der Waals surface area contributed by atoms with E-state index in [1.807, 2.05) is 0 Å². The van der Waals surface area contributed by atoms with Crippen molar-refractivity contribution >= 4 is 28.5 Å². The Hall–Kier alpha value is 0.253. The molecule has 0 unspecified atom stereocenters. The van der Waals surface area contributed by atoms with Gasteiger partial charge >= 0.3 is 109 Å². The second-order valence-corrected chi connectivity index (χ2v) is 15.3. The summed E-state index contributed by atoms with van der Waals surface area (Å²) in [6.07, 6.45) is 16.9. The van der Waals surface area contributed by atoms with Gasteiger partial charge in [0.25, 0.3) is 0 Å². The minimum absolute atomic E-state index is 0. The zero-order chi connectivity index (χ0) is 12.1. The Kier molecular flexibility index (Phi) is 9.36. The van der Waals surface area contributed by atoms with Crippen LogP contribution in [0.15, 0.2) is 43.0 Å². The van der Waals surface area contributed by atoms with Gasteiger partial charge in [-0.15, -0.1) is 24.8 Å². The molecule has 1 nitrogen and oxygen atoms in total. The quantitative estimate of drug-likeness (QED) is 0.753. The van der Waals surface area contributed by atoms with Gasteiger partial charge in [-0.3, -0.25) is 0 Å². The van der Waals surface area contributed by atoms with Gasteiger partial charge in [-0.05, 0) is 0 Å². The molecule has 107 valence electrons. The summed E-state index contributed by atoms with van der Waals surface area (Å²) in [4.78, 5) is 0. The van der Waals surface area contributed by atoms with Crippen LogP contribution in [-0.4, -0.2) is 15.4 Å². The molecule has 0 amide bonds. The second-order valence-electron chi connectivity index (χ2n) is 4.74. The van der Waals surface area contributed by atoms with E-state index in [0.717, 1.165) is 19.3 Å². The molecule has 0 spiro atoms. The average Bonchev–Trinajstić information content (AvgIpc) is 3.04. The van der Waals surface area contributed by atoms with Gasteiger partial charge in [0.1, 0.15) is 0 Å². The third-order valence-electron chi connectivity index (χ3n) is 3.91. The largest absolute Gasteiger partial charge is 0.147 e. The average molecular weight is 381 g/mol. The normalized spacial score (nSPS) is 16.5. The van der Waals surface area contributed by atoms with E-state index in [1.54, 1.807) is 6.56 Å². The molecular weight excluding hydrogens is 358 g/mol. The monoisotopic (exact) mass is 379 g/mol. The summed E-state index contributed by atoms with van der Waals surface area (Å²) in [5, 5.41) is 9.16. The molecule has 2 aliphatic rings. The fourth-order valence-electron chi connectivity index (χ4n) is 2.96. The van der Waals surface area contributed by atoms with Gasteiger partial charge in [0.2, 0.25) is 0 Å². The van der Waals surface area contributed by atoms with E-state index in [2.05, 4.69) is 47.1 Å². The number of hydrogen-bond donors (Lipinski definition) is 1. The zero-order valence-electron chi connectivity index (χ0n) is 11.3. The number of halogens is 2. The van der Waals surface area contributed by atoms with Gasteiger partial charge in [-0.1, -0.05) is 0 Å². The Labute approximate surface area is 132 Å². The third-order valence-corrected chi connectivity index (χ3v) is 16.6. The maximum atomic E-state index is 9.16. The predicted molar refractivity (Wildman–Crippen MR) is 86.4 cm³/mol. The molecule has 0 aromatic carbocycles. The Bertz CT molecular complexity index is 425. The molecule has 0 atom stereocenters. The smallest absolute Gasteiger partial charge is 0.147 e. The van der Waals surface area contributed by atoms with Gasteiger partial charge in [0.05, 0.1) is 0 Å². The van der Waals surface area contributed by atoms with Crippen molar-refractivity contribution in [1.29, 1.82) is 0 Å². The van der Waals surface area contributed by atoms with Gasteiger partial charge in [0, 0.05) is 0 Å². The minimum atomic E-state index is -2.47. The Morgan fingerprint density at radius 2 is 1.63 bits per heavy atom. The molecule has 19 heavy (non-hydrogen) atoms. The molecule has 0 saturated heterocycles. The van der Waals surface area contributed by atoms with Crippen LogP contribution in [-0.2, 0) is 19.8 Å². The van der Waals surface area contributed by atoms with Crippen LogP contribution in [0.2, 0.25) is 4.13 Å². The summed E-state index contributed by atoms with van der Waals surface area (Å²) in [5.41, 5.74) is 0. The molecule has 0 aliphatic heterocycles. The van der Waals surface area contributed by atoms with E-state index in [4.69, 9.17) is 5.11 Å². The molecule has 1 N–H and O–H groups in total. The Morgan fingerprint density at radius 1 is 1.11 bits per heavy atom. The van der Waals surface area contributed by atoms with Crippen LogP contribution in [0.3, 0.4) is 0 Å². The van der Waals surface area contributed by atoms with Crippen LogP contribution in [0, 0.1) is 0 Å². The Balaban J connectivity index is 0.00000162. The number of aliphatic hydroxyl groups is 1. The number of aliphatic hydroxyl groups excluding tert-OH is 1. The summed E-state index contributed by atoms with van der Waals surface area (Å²) in [6, 6.07) is 0. The van der Waals surface area contributed by atoms with Crippen molar-refractivity contribution in [3.63, 3.8) is 0 Å². The standard InChI is InChI=1S/2C5H5.C3H7O.C2H4.2ClH.Zr/c2*1-2-4-5-3-1;1-2-3-4;1-2;;;/h2*1-3H,4H2;4H,1-3H2;1H,2H3;2*1H;. The van der Waals surface area contributed by atoms with E-state index in [1.165, 1.54) is 4.13 Å². The van der Waals surface area contributed by atoms with E-state index in [0.29, 0.717) is 6.61 Å². The van der Waals surface area contributed by atoms with Gasteiger partial charge in [0.15, 0.2) is 0 Å². The molecule has 0 fully saturated rings. The van der Waals surface area contributed by atoms with Crippen molar-refractivity contribution in [2.75, 3.05) is 6.61 Å². The van der Waals surface area contributed by atoms with Crippen LogP contribution < -0.4 is 0 Å². The number of allylic oxidation sites excluding steroid dienone is 8. The van der Waals surface area contributed by atoms with Crippen molar-refractivity contribution in [2.45, 2.75) is 30.3 Å². The molecule has 2 aliphatic carbocycles. The number of hydrogen-bond acceptors (Lipinski definition) is 1. The van der Waals surface area contributed by atoms with Crippen LogP contribution in [0.25, 0.3) is 0 Å². The maximum Gasteiger partial charge on any atom is -0.147 e. The first kappa shape index (κ1) is 19.3. The fourth-order valence-corrected chi connectivity index (χ4v) is 14.1. The topological polar surface area (TPSA) is 20.2 Å². The molecule has 4 heteroatoms. The minimum Gasteiger partial charge on any atom is -0.147 e. The van der Waals surface area contributed by atoms with Crippen LogP contribution in [0.1, 0.15) is 26.2 Å². The van der Waals surface area contributed by atoms with Crippen molar-refractivity contribution in [2.24, 2.45) is 0 Å². The van der Waals surface area contributed by atoms with Gasteiger partial charge in [-0.25, -0.2) is 0 Å². The summed E-state index contributed by atoms with van der Waals surface area (Å²) >= 11 is -2.47. The van der Waals surface area contributed by atoms with Crippen molar-refractivity contribution in [3.8, 4) is 0 Å².